The first-order chi connectivity index (χ1) is 12.4. The predicted molar refractivity (Wildman–Crippen MR) is 90.3 cm³/mol. The monoisotopic (exact) mass is 364 g/mol. The van der Waals surface area contributed by atoms with Gasteiger partial charge >= 0.3 is 6.18 Å². The minimum absolute atomic E-state index is 0.110. The van der Waals surface area contributed by atoms with Crippen molar-refractivity contribution in [1.82, 2.24) is 0 Å². The van der Waals surface area contributed by atoms with E-state index in [0.29, 0.717) is 12.2 Å². The molecule has 3 rings (SSSR count). The van der Waals surface area contributed by atoms with Crippen molar-refractivity contribution >= 4 is 11.6 Å². The fraction of sp³-hybridized carbons (Fsp3) is 0.400. The summed E-state index contributed by atoms with van der Waals surface area (Å²) in [6.07, 6.45) is -0.290. The highest BCUT2D eigenvalue weighted by atomic mass is 19.4. The summed E-state index contributed by atoms with van der Waals surface area (Å²) in [6, 6.07) is 5.12. The van der Waals surface area contributed by atoms with Crippen LogP contribution in [-0.4, -0.2) is 24.3 Å². The molecule has 2 aliphatic rings. The van der Waals surface area contributed by atoms with Gasteiger partial charge in [0.25, 0.3) is 0 Å². The Morgan fingerprint density at radius 2 is 1.85 bits per heavy atom. The minimum atomic E-state index is -4.52. The van der Waals surface area contributed by atoms with Crippen LogP contribution < -0.4 is 4.74 Å². The number of rotatable bonds is 5. The van der Waals surface area contributed by atoms with Crippen molar-refractivity contribution in [3.63, 3.8) is 0 Å². The Bertz CT molecular complexity index is 788. The summed E-state index contributed by atoms with van der Waals surface area (Å²) < 4.78 is 44.7. The maximum Gasteiger partial charge on any atom is 0.413 e. The average Bonchev–Trinajstić information content (AvgIpc) is 2.64. The van der Waals surface area contributed by atoms with Gasteiger partial charge in [-0.05, 0) is 49.4 Å². The summed E-state index contributed by atoms with van der Waals surface area (Å²) in [5.74, 6) is -0.125. The highest BCUT2D eigenvalue weighted by Gasteiger charge is 2.37. The van der Waals surface area contributed by atoms with Gasteiger partial charge in [0.15, 0.2) is 11.6 Å². The minimum Gasteiger partial charge on any atom is -0.493 e. The van der Waals surface area contributed by atoms with Crippen LogP contribution in [0.25, 0.3) is 0 Å². The molecule has 6 heteroatoms. The zero-order valence-electron chi connectivity index (χ0n) is 14.2. The highest BCUT2D eigenvalue weighted by molar-refractivity contribution is 6.03. The topological polar surface area (TPSA) is 43.4 Å². The van der Waals surface area contributed by atoms with Crippen LogP contribution in [0.4, 0.5) is 13.2 Å². The van der Waals surface area contributed by atoms with Crippen molar-refractivity contribution in [3.05, 3.63) is 52.6 Å². The van der Waals surface area contributed by atoms with Crippen molar-refractivity contribution in [2.24, 2.45) is 0 Å². The smallest absolute Gasteiger partial charge is 0.413 e. The second-order valence-corrected chi connectivity index (χ2v) is 6.45. The molecule has 138 valence electrons. The Labute approximate surface area is 149 Å². The van der Waals surface area contributed by atoms with Crippen molar-refractivity contribution < 1.29 is 27.5 Å². The second kappa shape index (κ2) is 7.48. The molecule has 1 aromatic rings. The van der Waals surface area contributed by atoms with Gasteiger partial charge in [-0.1, -0.05) is 12.2 Å². The number of carbonyl (C=O) groups excluding carboxylic acids is 2. The molecule has 0 radical (unpaired) electrons. The Balaban J connectivity index is 1.68. The molecule has 0 bridgehead atoms. The average molecular weight is 364 g/mol. The molecule has 0 fully saturated rings. The Morgan fingerprint density at radius 3 is 2.62 bits per heavy atom. The van der Waals surface area contributed by atoms with Gasteiger partial charge in [0.05, 0.1) is 6.61 Å². The van der Waals surface area contributed by atoms with E-state index in [-0.39, 0.29) is 37.0 Å². The quantitative estimate of drug-likeness (QED) is 0.708. The van der Waals surface area contributed by atoms with Gasteiger partial charge in [0, 0.05) is 29.6 Å². The fourth-order valence-corrected chi connectivity index (χ4v) is 3.26. The van der Waals surface area contributed by atoms with E-state index < -0.39 is 17.5 Å². The Kier molecular flexibility index (Phi) is 5.30. The summed E-state index contributed by atoms with van der Waals surface area (Å²) in [4.78, 5) is 24.6. The normalized spacial score (nSPS) is 16.9. The van der Waals surface area contributed by atoms with Crippen molar-refractivity contribution in [2.75, 3.05) is 6.61 Å². The molecule has 1 aliphatic carbocycles. The molecule has 0 saturated heterocycles. The summed E-state index contributed by atoms with van der Waals surface area (Å²) in [6.45, 7) is 0.652. The number of ketones is 2. The van der Waals surface area contributed by atoms with Gasteiger partial charge < -0.3 is 4.74 Å². The number of allylic oxidation sites excluding steroid dienone is 4. The van der Waals surface area contributed by atoms with Gasteiger partial charge in [-0.15, -0.1) is 0 Å². The molecule has 0 spiro atoms. The highest BCUT2D eigenvalue weighted by Crippen LogP contribution is 2.35. The molecule has 0 saturated carbocycles. The molecule has 0 atom stereocenters. The lowest BCUT2D eigenvalue weighted by Crippen LogP contribution is -2.19. The Hall–Kier alpha value is -2.37. The maximum atomic E-state index is 13.1. The third-order valence-corrected chi connectivity index (χ3v) is 4.62. The van der Waals surface area contributed by atoms with Crippen LogP contribution in [0, 0.1) is 0 Å². The first-order valence-electron chi connectivity index (χ1n) is 8.65. The number of aryl methyl sites for hydroxylation is 1. The summed E-state index contributed by atoms with van der Waals surface area (Å²) >= 11 is 0. The van der Waals surface area contributed by atoms with Crippen molar-refractivity contribution in [2.45, 2.75) is 44.7 Å². The lowest BCUT2D eigenvalue weighted by molar-refractivity contribution is -0.117. The number of benzene rings is 1. The standard InChI is InChI=1S/C20H19F3O3/c21-20(22,23)16-6-2-1-5-15(16)18(25)9-8-17(24)13-7-10-19-14(12-13)4-3-11-26-19/h1,5,7,10,12H,2-4,6,8-9,11H2. The summed E-state index contributed by atoms with van der Waals surface area (Å²) in [7, 11) is 0. The molecule has 1 aromatic carbocycles. The van der Waals surface area contributed by atoms with Gasteiger partial charge in [-0.25, -0.2) is 0 Å². The van der Waals surface area contributed by atoms with Gasteiger partial charge in [0.2, 0.25) is 0 Å². The largest absolute Gasteiger partial charge is 0.493 e. The molecule has 1 heterocycles. The first-order valence-corrected chi connectivity index (χ1v) is 8.65. The number of fused-ring (bicyclic) bond motifs is 1. The van der Waals surface area contributed by atoms with Crippen molar-refractivity contribution in [3.8, 4) is 5.75 Å². The number of ether oxygens (including phenoxy) is 1. The van der Waals surface area contributed by atoms with Crippen molar-refractivity contribution in [1.29, 1.82) is 0 Å². The lowest BCUT2D eigenvalue weighted by Gasteiger charge is -2.18. The lowest BCUT2D eigenvalue weighted by atomic mass is 9.91. The van der Waals surface area contributed by atoms with Crippen LogP contribution in [0.5, 0.6) is 5.75 Å². The SMILES string of the molecule is O=C(CCC(=O)c1ccc2c(c1)CCCO2)C1=C(C(F)(F)F)CCC=C1. The van der Waals surface area contributed by atoms with E-state index in [9.17, 15) is 22.8 Å². The number of hydrogen-bond acceptors (Lipinski definition) is 3. The van der Waals surface area contributed by atoms with E-state index >= 15 is 0 Å². The number of carbonyl (C=O) groups is 2. The molecule has 26 heavy (non-hydrogen) atoms. The molecule has 0 unspecified atom stereocenters. The zero-order chi connectivity index (χ0) is 18.7. The fourth-order valence-electron chi connectivity index (χ4n) is 3.26. The molecule has 0 N–H and O–H groups in total. The molecule has 0 amide bonds. The van der Waals surface area contributed by atoms with Crippen LogP contribution in [0.15, 0.2) is 41.5 Å². The number of Topliss-reactive ketones (excluding diaryl/α,β-unsaturated/α-hetero) is 2. The Morgan fingerprint density at radius 1 is 1.08 bits per heavy atom. The van der Waals surface area contributed by atoms with Crippen LogP contribution in [0.1, 0.15) is 48.0 Å². The molecule has 1 aliphatic heterocycles. The molecular formula is C20H19F3O3. The molecular weight excluding hydrogens is 345 g/mol. The van der Waals surface area contributed by atoms with E-state index in [2.05, 4.69) is 0 Å². The third kappa shape index (κ3) is 4.06. The zero-order valence-corrected chi connectivity index (χ0v) is 14.2. The second-order valence-electron chi connectivity index (χ2n) is 6.45. The van der Waals surface area contributed by atoms with Crippen LogP contribution >= 0.6 is 0 Å². The van der Waals surface area contributed by atoms with Gasteiger partial charge in [0.1, 0.15) is 5.75 Å². The van der Waals surface area contributed by atoms with E-state index in [0.717, 1.165) is 24.2 Å². The first kappa shape index (κ1) is 18.4. The van der Waals surface area contributed by atoms with Crippen LogP contribution in [0.3, 0.4) is 0 Å². The number of halogens is 3. The summed E-state index contributed by atoms with van der Waals surface area (Å²) in [5, 5.41) is 0. The predicted octanol–water partition coefficient (Wildman–Crippen LogP) is 4.75. The van der Waals surface area contributed by atoms with Crippen LogP contribution in [0.2, 0.25) is 0 Å². The van der Waals surface area contributed by atoms with E-state index in [1.807, 2.05) is 0 Å². The summed E-state index contributed by atoms with van der Waals surface area (Å²) in [5.41, 5.74) is 0.315. The van der Waals surface area contributed by atoms with Gasteiger partial charge in [-0.3, -0.25) is 9.59 Å². The maximum absolute atomic E-state index is 13.1. The molecule has 0 aromatic heterocycles. The van der Waals surface area contributed by atoms with Crippen LogP contribution in [-0.2, 0) is 11.2 Å². The van der Waals surface area contributed by atoms with Gasteiger partial charge in [-0.2, -0.15) is 13.2 Å². The number of alkyl halides is 3. The van der Waals surface area contributed by atoms with E-state index in [4.69, 9.17) is 4.74 Å². The number of hydrogen-bond donors (Lipinski definition) is 0. The van der Waals surface area contributed by atoms with E-state index in [1.165, 1.54) is 6.08 Å². The molecule has 3 nitrogen and oxygen atoms in total. The van der Waals surface area contributed by atoms with E-state index in [1.54, 1.807) is 24.3 Å². The third-order valence-electron chi connectivity index (χ3n) is 4.62.